The lowest BCUT2D eigenvalue weighted by molar-refractivity contribution is -0.295. The SMILES string of the molecule is CC[C@H](OC)[C@@H](C)[C@H]1CC1[C@H](O)[C@H](C)/C=C/C=C(\C)[C@H]1O[C@H](OC)[C@H](OC)[C@@H](OC)[C@@H]1OC. The van der Waals surface area contributed by atoms with Crippen LogP contribution in [-0.4, -0.2) is 83.6 Å². The first-order valence-corrected chi connectivity index (χ1v) is 12.1. The van der Waals surface area contributed by atoms with Gasteiger partial charge in [0.25, 0.3) is 0 Å². The molecule has 1 aliphatic heterocycles. The van der Waals surface area contributed by atoms with E-state index >= 15 is 0 Å². The van der Waals surface area contributed by atoms with Crippen LogP contribution in [0.15, 0.2) is 23.8 Å². The highest BCUT2D eigenvalue weighted by Crippen LogP contribution is 2.49. The maximum atomic E-state index is 10.9. The molecule has 33 heavy (non-hydrogen) atoms. The van der Waals surface area contributed by atoms with Crippen molar-refractivity contribution < 1.29 is 33.5 Å². The third kappa shape index (κ3) is 6.66. The fourth-order valence-corrected chi connectivity index (χ4v) is 5.38. The zero-order valence-electron chi connectivity index (χ0n) is 21.9. The van der Waals surface area contributed by atoms with E-state index in [9.17, 15) is 5.11 Å². The number of methoxy groups -OCH3 is 5. The van der Waals surface area contributed by atoms with E-state index < -0.39 is 6.29 Å². The summed E-state index contributed by atoms with van der Waals surface area (Å²) >= 11 is 0. The van der Waals surface area contributed by atoms with Crippen LogP contribution in [0.3, 0.4) is 0 Å². The molecule has 0 aromatic carbocycles. The normalized spacial score (nSPS) is 36.5. The van der Waals surface area contributed by atoms with Gasteiger partial charge >= 0.3 is 0 Å². The Morgan fingerprint density at radius 1 is 0.970 bits per heavy atom. The van der Waals surface area contributed by atoms with E-state index in [1.165, 1.54) is 0 Å². The predicted octanol–water partition coefficient (Wildman–Crippen LogP) is 3.60. The summed E-state index contributed by atoms with van der Waals surface area (Å²) in [7, 11) is 8.27. The molecule has 2 rings (SSSR count). The van der Waals surface area contributed by atoms with E-state index in [0.29, 0.717) is 17.8 Å². The van der Waals surface area contributed by atoms with Gasteiger partial charge in [-0.15, -0.1) is 0 Å². The summed E-state index contributed by atoms with van der Waals surface area (Å²) in [5.74, 6) is 1.39. The summed E-state index contributed by atoms with van der Waals surface area (Å²) in [6, 6.07) is 0. The highest BCUT2D eigenvalue weighted by atomic mass is 16.7. The lowest BCUT2D eigenvalue weighted by Gasteiger charge is -2.44. The van der Waals surface area contributed by atoms with E-state index in [1.807, 2.05) is 19.1 Å². The van der Waals surface area contributed by atoms with Crippen molar-refractivity contribution in [1.82, 2.24) is 0 Å². The minimum atomic E-state index is -0.558. The average molecular weight is 471 g/mol. The van der Waals surface area contributed by atoms with Crippen molar-refractivity contribution in [1.29, 1.82) is 0 Å². The molecule has 192 valence electrons. The second-order valence-electron chi connectivity index (χ2n) is 9.51. The molecule has 11 atom stereocenters. The summed E-state index contributed by atoms with van der Waals surface area (Å²) in [5, 5.41) is 10.9. The maximum Gasteiger partial charge on any atom is 0.186 e. The second kappa shape index (κ2) is 13.3. The number of aliphatic hydroxyl groups is 1. The monoisotopic (exact) mass is 470 g/mol. The summed E-state index contributed by atoms with van der Waals surface area (Å²) in [6.07, 6.45) is 6.10. The Bertz CT molecular complexity index is 632. The van der Waals surface area contributed by atoms with Crippen LogP contribution < -0.4 is 0 Å². The zero-order valence-corrected chi connectivity index (χ0v) is 21.9. The largest absolute Gasteiger partial charge is 0.392 e. The van der Waals surface area contributed by atoms with Crippen molar-refractivity contribution >= 4 is 0 Å². The van der Waals surface area contributed by atoms with Gasteiger partial charge in [0.15, 0.2) is 6.29 Å². The summed E-state index contributed by atoms with van der Waals surface area (Å²) in [6.45, 7) is 8.47. The van der Waals surface area contributed by atoms with Crippen molar-refractivity contribution in [3.05, 3.63) is 23.8 Å². The van der Waals surface area contributed by atoms with E-state index in [1.54, 1.807) is 35.5 Å². The van der Waals surface area contributed by atoms with Crippen LogP contribution >= 0.6 is 0 Å². The van der Waals surface area contributed by atoms with Crippen molar-refractivity contribution in [2.24, 2.45) is 23.7 Å². The molecule has 0 radical (unpaired) electrons. The van der Waals surface area contributed by atoms with Crippen LogP contribution in [0.5, 0.6) is 0 Å². The molecular formula is C26H46O7. The van der Waals surface area contributed by atoms with Crippen molar-refractivity contribution in [3.8, 4) is 0 Å². The topological polar surface area (TPSA) is 75.6 Å². The first-order valence-electron chi connectivity index (χ1n) is 12.1. The molecule has 1 saturated heterocycles. The third-order valence-electron chi connectivity index (χ3n) is 7.60. The molecule has 1 heterocycles. The first kappa shape index (κ1) is 28.4. The van der Waals surface area contributed by atoms with E-state index in [2.05, 4.69) is 26.8 Å². The quantitative estimate of drug-likeness (QED) is 0.412. The van der Waals surface area contributed by atoms with Gasteiger partial charge in [-0.3, -0.25) is 0 Å². The van der Waals surface area contributed by atoms with Gasteiger partial charge < -0.3 is 33.5 Å². The van der Waals surface area contributed by atoms with Gasteiger partial charge in [0, 0.05) is 41.5 Å². The van der Waals surface area contributed by atoms with Gasteiger partial charge in [-0.25, -0.2) is 0 Å². The van der Waals surface area contributed by atoms with Gasteiger partial charge in [0.1, 0.15) is 24.4 Å². The van der Waals surface area contributed by atoms with Crippen LogP contribution in [-0.2, 0) is 28.4 Å². The van der Waals surface area contributed by atoms with Crippen molar-refractivity contribution in [2.75, 3.05) is 35.5 Å². The minimum Gasteiger partial charge on any atom is -0.392 e. The summed E-state index contributed by atoms with van der Waals surface area (Å²) < 4.78 is 34.2. The average Bonchev–Trinajstić information content (AvgIpc) is 3.63. The molecule has 1 saturated carbocycles. The maximum absolute atomic E-state index is 10.9. The molecule has 2 fully saturated rings. The molecule has 1 N–H and O–H groups in total. The summed E-state index contributed by atoms with van der Waals surface area (Å²) in [4.78, 5) is 0. The molecule has 1 unspecified atom stereocenters. The second-order valence-corrected chi connectivity index (χ2v) is 9.51. The Morgan fingerprint density at radius 3 is 2.12 bits per heavy atom. The molecular weight excluding hydrogens is 424 g/mol. The van der Waals surface area contributed by atoms with Crippen LogP contribution in [0, 0.1) is 23.7 Å². The van der Waals surface area contributed by atoms with E-state index in [-0.39, 0.29) is 42.5 Å². The minimum absolute atomic E-state index is 0.0562. The molecule has 0 aromatic heterocycles. The predicted molar refractivity (Wildman–Crippen MR) is 128 cm³/mol. The van der Waals surface area contributed by atoms with Gasteiger partial charge in [0.05, 0.1) is 12.2 Å². The van der Waals surface area contributed by atoms with E-state index in [0.717, 1.165) is 18.4 Å². The Balaban J connectivity index is 2.02. The Morgan fingerprint density at radius 2 is 1.61 bits per heavy atom. The molecule has 0 bridgehead atoms. The number of hydrogen-bond donors (Lipinski definition) is 1. The number of aliphatic hydroxyl groups excluding tert-OH is 1. The molecule has 7 heteroatoms. The standard InChI is InChI=1S/C26H46O7/c1-10-20(28-5)17(4)18-14-19(18)21(27)15(2)12-11-13-16(3)22-23(29-6)24(30-7)25(31-8)26(32-9)33-22/h11-13,15,17-27H,10,14H2,1-9H3/b12-11+,16-13+/t15-,17+,18-,19?,20+,21-,22-,23-,24+,25-,26+/m1/s1. The third-order valence-corrected chi connectivity index (χ3v) is 7.60. The number of rotatable bonds is 13. The molecule has 0 amide bonds. The highest BCUT2D eigenvalue weighted by Gasteiger charge is 2.49. The smallest absolute Gasteiger partial charge is 0.186 e. The molecule has 1 aliphatic carbocycles. The number of allylic oxidation sites excluding steroid dienone is 2. The molecule has 2 aliphatic rings. The zero-order chi connectivity index (χ0) is 24.7. The molecule has 0 aromatic rings. The summed E-state index contributed by atoms with van der Waals surface area (Å²) in [5.41, 5.74) is 0.988. The lowest BCUT2D eigenvalue weighted by Crippen LogP contribution is -2.60. The number of hydrogen-bond acceptors (Lipinski definition) is 7. The fourth-order valence-electron chi connectivity index (χ4n) is 5.38. The highest BCUT2D eigenvalue weighted by molar-refractivity contribution is 5.19. The fraction of sp³-hybridized carbons (Fsp3) is 0.846. The van der Waals surface area contributed by atoms with Gasteiger partial charge in [-0.1, -0.05) is 39.0 Å². The Kier molecular flexibility index (Phi) is 11.5. The van der Waals surface area contributed by atoms with Gasteiger partial charge in [0.2, 0.25) is 0 Å². The van der Waals surface area contributed by atoms with Crippen molar-refractivity contribution in [2.45, 2.75) is 83.5 Å². The van der Waals surface area contributed by atoms with Gasteiger partial charge in [-0.05, 0) is 43.1 Å². The van der Waals surface area contributed by atoms with Crippen LogP contribution in [0.1, 0.15) is 40.5 Å². The lowest BCUT2D eigenvalue weighted by atomic mass is 9.91. The van der Waals surface area contributed by atoms with E-state index in [4.69, 9.17) is 28.4 Å². The van der Waals surface area contributed by atoms with Crippen LogP contribution in [0.25, 0.3) is 0 Å². The first-order chi connectivity index (χ1) is 15.8. The Labute approximate surface area is 200 Å². The molecule has 0 spiro atoms. The van der Waals surface area contributed by atoms with Crippen LogP contribution in [0.2, 0.25) is 0 Å². The molecule has 7 nitrogen and oxygen atoms in total. The Hall–Kier alpha value is -0.800. The number of ether oxygens (including phenoxy) is 6. The van der Waals surface area contributed by atoms with Crippen LogP contribution in [0.4, 0.5) is 0 Å². The van der Waals surface area contributed by atoms with Gasteiger partial charge in [-0.2, -0.15) is 0 Å². The van der Waals surface area contributed by atoms with Crippen molar-refractivity contribution in [3.63, 3.8) is 0 Å².